The first-order chi connectivity index (χ1) is 18.1. The first kappa shape index (κ1) is 29.3. The number of esters is 1. The van der Waals surface area contributed by atoms with Crippen molar-refractivity contribution in [2.24, 2.45) is 39.4 Å². The molecule has 5 rings (SSSR count). The molecule has 6 heteroatoms. The van der Waals surface area contributed by atoms with Gasteiger partial charge in [0.2, 0.25) is 0 Å². The second kappa shape index (κ2) is 9.39. The Hall–Kier alpha value is -1.24. The van der Waals surface area contributed by atoms with Crippen LogP contribution in [-0.4, -0.2) is 47.6 Å². The molecule has 1 saturated heterocycles. The van der Waals surface area contributed by atoms with E-state index in [4.69, 9.17) is 14.2 Å². The molecule has 39 heavy (non-hydrogen) atoms. The summed E-state index contributed by atoms with van der Waals surface area (Å²) in [6.07, 6.45) is 9.65. The summed E-state index contributed by atoms with van der Waals surface area (Å²) in [5.41, 5.74) is -1.05. The van der Waals surface area contributed by atoms with E-state index >= 15 is 0 Å². The maximum Gasteiger partial charge on any atom is 0.302 e. The molecule has 0 spiro atoms. The first-order valence-corrected chi connectivity index (χ1v) is 15.5. The van der Waals surface area contributed by atoms with Crippen molar-refractivity contribution in [1.82, 2.24) is 0 Å². The Kier molecular flexibility index (Phi) is 7.04. The van der Waals surface area contributed by atoms with Gasteiger partial charge < -0.3 is 19.3 Å². The number of carbonyl (C=O) groups excluding carboxylic acids is 2. The van der Waals surface area contributed by atoms with Crippen LogP contribution in [0.2, 0.25) is 0 Å². The number of ether oxygens (including phenoxy) is 3. The lowest BCUT2D eigenvalue weighted by atomic mass is 9.36. The first-order valence-electron chi connectivity index (χ1n) is 15.5. The van der Waals surface area contributed by atoms with Crippen molar-refractivity contribution in [3.05, 3.63) is 11.6 Å². The van der Waals surface area contributed by atoms with Crippen molar-refractivity contribution in [3.8, 4) is 0 Å². The molecule has 0 amide bonds. The second-order valence-electron chi connectivity index (χ2n) is 15.0. The van der Waals surface area contributed by atoms with Gasteiger partial charge in [-0.15, -0.1) is 0 Å². The van der Waals surface area contributed by atoms with Gasteiger partial charge >= 0.3 is 5.97 Å². The normalized spacial score (nSPS) is 45.8. The van der Waals surface area contributed by atoms with E-state index in [9.17, 15) is 14.7 Å². The Labute approximate surface area is 235 Å². The summed E-state index contributed by atoms with van der Waals surface area (Å²) in [6.45, 7) is 18.2. The number of ketones is 1. The summed E-state index contributed by atoms with van der Waals surface area (Å²) in [5, 5.41) is 12.8. The molecule has 8 atom stereocenters. The molecule has 0 aromatic carbocycles. The van der Waals surface area contributed by atoms with E-state index < -0.39 is 22.7 Å². The quantitative estimate of drug-likeness (QED) is 0.308. The van der Waals surface area contributed by atoms with Gasteiger partial charge in [0.25, 0.3) is 0 Å². The Morgan fingerprint density at radius 1 is 1.08 bits per heavy atom. The predicted octanol–water partition coefficient (Wildman–Crippen LogP) is 6.39. The van der Waals surface area contributed by atoms with E-state index in [2.05, 4.69) is 47.6 Å². The van der Waals surface area contributed by atoms with Gasteiger partial charge in [-0.05, 0) is 66.6 Å². The van der Waals surface area contributed by atoms with Crippen molar-refractivity contribution in [2.45, 2.75) is 131 Å². The highest BCUT2D eigenvalue weighted by Crippen LogP contribution is 2.77. The highest BCUT2D eigenvalue weighted by atomic mass is 16.7. The average Bonchev–Trinajstić information content (AvgIpc) is 3.40. The zero-order valence-electron chi connectivity index (χ0n) is 25.7. The van der Waals surface area contributed by atoms with Crippen LogP contribution in [0.1, 0.15) is 113 Å². The zero-order chi connectivity index (χ0) is 28.6. The number of fused-ring (bicyclic) bond motifs is 5. The molecule has 0 radical (unpaired) electrons. The van der Waals surface area contributed by atoms with Crippen molar-refractivity contribution >= 4 is 11.8 Å². The minimum atomic E-state index is -1.51. The minimum Gasteiger partial charge on any atom is -0.462 e. The number of aliphatic hydroxyl groups is 1. The topological polar surface area (TPSA) is 82.1 Å². The molecule has 4 aliphatic carbocycles. The number of carbonyl (C=O) groups is 2. The molecule has 0 aromatic heterocycles. The van der Waals surface area contributed by atoms with Crippen LogP contribution in [0.5, 0.6) is 0 Å². The summed E-state index contributed by atoms with van der Waals surface area (Å²) >= 11 is 0. The molecule has 0 aromatic rings. The van der Waals surface area contributed by atoms with Gasteiger partial charge in [-0.1, -0.05) is 60.1 Å². The summed E-state index contributed by atoms with van der Waals surface area (Å²) in [4.78, 5) is 25.9. The third-order valence-electron chi connectivity index (χ3n) is 13.2. The molecule has 1 aliphatic heterocycles. The average molecular weight is 545 g/mol. The van der Waals surface area contributed by atoms with Gasteiger partial charge in [-0.3, -0.25) is 9.59 Å². The Balaban J connectivity index is 1.51. The van der Waals surface area contributed by atoms with E-state index in [1.807, 2.05) is 6.92 Å². The van der Waals surface area contributed by atoms with Gasteiger partial charge in [0.1, 0.15) is 11.7 Å². The minimum absolute atomic E-state index is 0.00298. The predicted molar refractivity (Wildman–Crippen MR) is 150 cm³/mol. The fourth-order valence-electron chi connectivity index (χ4n) is 10.3. The Bertz CT molecular complexity index is 1040. The molecule has 5 aliphatic rings. The van der Waals surface area contributed by atoms with Crippen LogP contribution < -0.4 is 0 Å². The summed E-state index contributed by atoms with van der Waals surface area (Å²) in [7, 11) is 0. The van der Waals surface area contributed by atoms with E-state index in [1.165, 1.54) is 12.5 Å². The largest absolute Gasteiger partial charge is 0.462 e. The summed E-state index contributed by atoms with van der Waals surface area (Å²) in [5.74, 6) is -0.879. The van der Waals surface area contributed by atoms with Crippen LogP contribution in [0.3, 0.4) is 0 Å². The molecule has 1 N–H and O–H groups in total. The Morgan fingerprint density at radius 2 is 1.74 bits per heavy atom. The monoisotopic (exact) mass is 544 g/mol. The van der Waals surface area contributed by atoms with Crippen LogP contribution in [0.25, 0.3) is 0 Å². The number of hydrogen-bond donors (Lipinski definition) is 1. The van der Waals surface area contributed by atoms with Crippen LogP contribution >= 0.6 is 0 Å². The van der Waals surface area contributed by atoms with Crippen molar-refractivity contribution in [1.29, 1.82) is 0 Å². The number of allylic oxidation sites excluding steroid dienone is 1. The van der Waals surface area contributed by atoms with Gasteiger partial charge in [0.05, 0.1) is 13.2 Å². The standard InChI is InChI=1S/C33H52O6/c1-21(2)11-14-32(37-17-18-38-32)22(3)33(36)27(35)20-30(7)26-10-9-24-19-25(39-23(4)34)12-13-28(24,5)29(26,6)15-16-31(30,33)8/h9,21-22,25-26,36H,10-20H2,1-8H3/t22-,25+,26?,28+,29+,30+,31+,33-/m1/s1. The second-order valence-corrected chi connectivity index (χ2v) is 15.0. The smallest absolute Gasteiger partial charge is 0.302 e. The number of hydrogen-bond acceptors (Lipinski definition) is 6. The van der Waals surface area contributed by atoms with E-state index in [-0.39, 0.29) is 40.0 Å². The molecule has 220 valence electrons. The molecule has 6 nitrogen and oxygen atoms in total. The van der Waals surface area contributed by atoms with Gasteiger partial charge in [0.15, 0.2) is 11.6 Å². The van der Waals surface area contributed by atoms with E-state index in [0.717, 1.165) is 44.9 Å². The lowest BCUT2D eigenvalue weighted by Crippen LogP contribution is -2.67. The molecule has 1 heterocycles. The molecule has 0 bridgehead atoms. The summed E-state index contributed by atoms with van der Waals surface area (Å²) in [6, 6.07) is 0. The van der Waals surface area contributed by atoms with Gasteiger partial charge in [-0.25, -0.2) is 0 Å². The van der Waals surface area contributed by atoms with Gasteiger partial charge in [0, 0.05) is 37.5 Å². The SMILES string of the molecule is CC(=O)O[C@H]1CC[C@@]2(C)C(=CCC3[C@]4(C)CC(=O)[C@](O)([C@H](C)C5(CCC(C)C)OCCO5)[C@@]4(C)CC[C@@]32C)C1. The fourth-order valence-corrected chi connectivity index (χ4v) is 10.3. The van der Waals surface area contributed by atoms with Crippen molar-refractivity contribution in [2.75, 3.05) is 13.2 Å². The van der Waals surface area contributed by atoms with Crippen LogP contribution in [0, 0.1) is 39.4 Å². The summed E-state index contributed by atoms with van der Waals surface area (Å²) < 4.78 is 18.3. The van der Waals surface area contributed by atoms with Crippen LogP contribution in [-0.2, 0) is 23.8 Å². The maximum absolute atomic E-state index is 14.2. The molecule has 3 saturated carbocycles. The maximum atomic E-state index is 14.2. The lowest BCUT2D eigenvalue weighted by molar-refractivity contribution is -0.272. The number of Topliss-reactive ketones (excluding diaryl/α,β-unsaturated/α-hetero) is 1. The third-order valence-corrected chi connectivity index (χ3v) is 13.2. The lowest BCUT2D eigenvalue weighted by Gasteiger charge is -2.68. The zero-order valence-corrected chi connectivity index (χ0v) is 25.7. The van der Waals surface area contributed by atoms with E-state index in [1.54, 1.807) is 0 Å². The number of rotatable bonds is 6. The van der Waals surface area contributed by atoms with Crippen LogP contribution in [0.4, 0.5) is 0 Å². The highest BCUT2D eigenvalue weighted by Gasteiger charge is 2.78. The highest BCUT2D eigenvalue weighted by molar-refractivity contribution is 5.92. The van der Waals surface area contributed by atoms with Crippen molar-refractivity contribution < 1.29 is 28.9 Å². The van der Waals surface area contributed by atoms with Crippen molar-refractivity contribution in [3.63, 3.8) is 0 Å². The molecule has 1 unspecified atom stereocenters. The van der Waals surface area contributed by atoms with Gasteiger partial charge in [-0.2, -0.15) is 0 Å². The fraction of sp³-hybridized carbons (Fsp3) is 0.879. The third kappa shape index (κ3) is 3.82. The molecular weight excluding hydrogens is 492 g/mol. The van der Waals surface area contributed by atoms with E-state index in [0.29, 0.717) is 32.0 Å². The van der Waals surface area contributed by atoms with Crippen LogP contribution in [0.15, 0.2) is 11.6 Å². The molecular formula is C33H52O6. The molecule has 4 fully saturated rings. The Morgan fingerprint density at radius 3 is 2.36 bits per heavy atom.